The van der Waals surface area contributed by atoms with Crippen LogP contribution in [0.25, 0.3) is 22.6 Å². The van der Waals surface area contributed by atoms with E-state index >= 15 is 0 Å². The van der Waals surface area contributed by atoms with Gasteiger partial charge in [-0.3, -0.25) is 4.98 Å². The number of hydrogen-bond donors (Lipinski definition) is 0. The Morgan fingerprint density at radius 1 is 1.00 bits per heavy atom. The number of aromatic nitrogens is 2. The van der Waals surface area contributed by atoms with Crippen LogP contribution in [-0.4, -0.2) is 31.3 Å². The number of nitrogens with zero attached hydrogens (tertiary/aromatic N) is 2. The zero-order valence-electron chi connectivity index (χ0n) is 11.9. The number of oxazole rings is 1. The van der Waals surface area contributed by atoms with Crippen molar-refractivity contribution < 1.29 is 18.6 Å². The summed E-state index contributed by atoms with van der Waals surface area (Å²) in [6.07, 6.45) is 3.31. The minimum Gasteiger partial charge on any atom is -0.493 e. The van der Waals surface area contributed by atoms with Crippen LogP contribution >= 0.6 is 0 Å². The fourth-order valence-corrected chi connectivity index (χ4v) is 2.11. The summed E-state index contributed by atoms with van der Waals surface area (Å²) in [5, 5.41) is 0. The summed E-state index contributed by atoms with van der Waals surface area (Å²) in [6, 6.07) is 5.35. The lowest BCUT2D eigenvalue weighted by Crippen LogP contribution is -1.95. The highest BCUT2D eigenvalue weighted by Gasteiger charge is 2.17. The third-order valence-electron chi connectivity index (χ3n) is 3.10. The molecule has 0 aliphatic carbocycles. The molecule has 2 heterocycles. The second-order valence-electron chi connectivity index (χ2n) is 4.28. The molecule has 0 saturated heterocycles. The van der Waals surface area contributed by atoms with E-state index in [1.165, 1.54) is 0 Å². The van der Waals surface area contributed by atoms with Crippen molar-refractivity contribution in [1.29, 1.82) is 0 Å². The molecule has 0 aliphatic heterocycles. The van der Waals surface area contributed by atoms with Crippen LogP contribution in [0.15, 0.2) is 35.0 Å². The van der Waals surface area contributed by atoms with Gasteiger partial charge >= 0.3 is 0 Å². The van der Waals surface area contributed by atoms with Gasteiger partial charge in [0.1, 0.15) is 5.52 Å². The van der Waals surface area contributed by atoms with Crippen LogP contribution in [0, 0.1) is 0 Å². The van der Waals surface area contributed by atoms with E-state index in [4.69, 9.17) is 18.6 Å². The number of benzene rings is 1. The molecule has 0 atom stereocenters. The zero-order valence-corrected chi connectivity index (χ0v) is 11.9. The minimum atomic E-state index is 0.470. The van der Waals surface area contributed by atoms with Crippen LogP contribution in [0.3, 0.4) is 0 Å². The molecule has 21 heavy (non-hydrogen) atoms. The number of methoxy groups -OCH3 is 3. The fourth-order valence-electron chi connectivity index (χ4n) is 2.11. The zero-order chi connectivity index (χ0) is 14.8. The van der Waals surface area contributed by atoms with E-state index in [2.05, 4.69) is 9.97 Å². The van der Waals surface area contributed by atoms with Crippen LogP contribution in [0.4, 0.5) is 0 Å². The first-order chi connectivity index (χ1) is 10.3. The third kappa shape index (κ3) is 2.24. The van der Waals surface area contributed by atoms with Crippen LogP contribution in [0.5, 0.6) is 17.2 Å². The molecule has 0 radical (unpaired) electrons. The molecule has 6 nitrogen and oxygen atoms in total. The maximum absolute atomic E-state index is 5.72. The van der Waals surface area contributed by atoms with Crippen molar-refractivity contribution in [2.24, 2.45) is 0 Å². The van der Waals surface area contributed by atoms with Crippen LogP contribution in [-0.2, 0) is 0 Å². The van der Waals surface area contributed by atoms with E-state index in [1.54, 1.807) is 51.9 Å². The molecule has 0 amide bonds. The molecule has 3 rings (SSSR count). The first kappa shape index (κ1) is 13.2. The molecule has 0 bridgehead atoms. The molecule has 0 aliphatic rings. The number of pyridine rings is 1. The van der Waals surface area contributed by atoms with Gasteiger partial charge in [-0.15, -0.1) is 0 Å². The first-order valence-electron chi connectivity index (χ1n) is 6.27. The molecule has 3 aromatic rings. The fraction of sp³-hybridized carbons (Fsp3) is 0.200. The smallest absolute Gasteiger partial charge is 0.227 e. The standard InChI is InChI=1S/C15H14N2O4/c1-18-12-6-9(7-13(19-2)14(12)20-3)15-17-10-8-16-5-4-11(10)21-15/h4-8H,1-3H3. The number of hydrogen-bond acceptors (Lipinski definition) is 6. The summed E-state index contributed by atoms with van der Waals surface area (Å²) in [4.78, 5) is 8.43. The highest BCUT2D eigenvalue weighted by Crippen LogP contribution is 2.41. The highest BCUT2D eigenvalue weighted by atomic mass is 16.5. The Bertz CT molecular complexity index is 724. The molecule has 0 unspecified atom stereocenters. The van der Waals surface area contributed by atoms with E-state index in [-0.39, 0.29) is 0 Å². The molecule has 6 heteroatoms. The Morgan fingerprint density at radius 2 is 1.71 bits per heavy atom. The third-order valence-corrected chi connectivity index (χ3v) is 3.10. The first-order valence-corrected chi connectivity index (χ1v) is 6.27. The normalized spacial score (nSPS) is 10.6. The number of rotatable bonds is 4. The molecular weight excluding hydrogens is 272 g/mol. The van der Waals surface area contributed by atoms with Gasteiger partial charge in [0.2, 0.25) is 11.6 Å². The van der Waals surface area contributed by atoms with Gasteiger partial charge in [0.25, 0.3) is 0 Å². The topological polar surface area (TPSA) is 66.6 Å². The average molecular weight is 286 g/mol. The van der Waals surface area contributed by atoms with Crippen molar-refractivity contribution in [3.63, 3.8) is 0 Å². The van der Waals surface area contributed by atoms with Gasteiger partial charge in [-0.1, -0.05) is 0 Å². The minimum absolute atomic E-state index is 0.470. The quantitative estimate of drug-likeness (QED) is 0.734. The van der Waals surface area contributed by atoms with Crippen molar-refractivity contribution in [2.45, 2.75) is 0 Å². The largest absolute Gasteiger partial charge is 0.493 e. The number of ether oxygens (including phenoxy) is 3. The lowest BCUT2D eigenvalue weighted by atomic mass is 10.2. The van der Waals surface area contributed by atoms with Crippen molar-refractivity contribution in [3.05, 3.63) is 30.6 Å². The Kier molecular flexibility index (Phi) is 3.35. The van der Waals surface area contributed by atoms with Gasteiger partial charge in [-0.25, -0.2) is 4.98 Å². The Balaban J connectivity index is 2.17. The van der Waals surface area contributed by atoms with E-state index < -0.39 is 0 Å². The summed E-state index contributed by atoms with van der Waals surface area (Å²) < 4.78 is 21.7. The number of fused-ring (bicyclic) bond motifs is 1. The van der Waals surface area contributed by atoms with Crippen LogP contribution in [0.1, 0.15) is 0 Å². The van der Waals surface area contributed by atoms with Gasteiger partial charge in [0.05, 0.1) is 27.5 Å². The lowest BCUT2D eigenvalue weighted by molar-refractivity contribution is 0.324. The molecule has 0 N–H and O–H groups in total. The van der Waals surface area contributed by atoms with Gasteiger partial charge in [-0.2, -0.15) is 0 Å². The summed E-state index contributed by atoms with van der Waals surface area (Å²) in [5.41, 5.74) is 2.11. The van der Waals surface area contributed by atoms with Crippen molar-refractivity contribution in [1.82, 2.24) is 9.97 Å². The van der Waals surface area contributed by atoms with Crippen LogP contribution < -0.4 is 14.2 Å². The summed E-state index contributed by atoms with van der Waals surface area (Å²) in [7, 11) is 4.69. The lowest BCUT2D eigenvalue weighted by Gasteiger charge is -2.12. The Hall–Kier alpha value is -2.76. The Labute approximate surface area is 121 Å². The molecule has 108 valence electrons. The molecule has 2 aromatic heterocycles. The maximum atomic E-state index is 5.72. The van der Waals surface area contributed by atoms with Crippen molar-refractivity contribution in [2.75, 3.05) is 21.3 Å². The van der Waals surface area contributed by atoms with Crippen molar-refractivity contribution >= 4 is 11.1 Å². The Morgan fingerprint density at radius 3 is 2.29 bits per heavy atom. The van der Waals surface area contributed by atoms with Crippen LogP contribution in [0.2, 0.25) is 0 Å². The monoisotopic (exact) mass is 286 g/mol. The second kappa shape index (κ2) is 5.32. The van der Waals surface area contributed by atoms with E-state index in [0.29, 0.717) is 34.2 Å². The van der Waals surface area contributed by atoms with E-state index in [0.717, 1.165) is 5.56 Å². The summed E-state index contributed by atoms with van der Waals surface area (Å²) in [5.74, 6) is 2.10. The summed E-state index contributed by atoms with van der Waals surface area (Å²) in [6.45, 7) is 0. The average Bonchev–Trinajstić information content (AvgIpc) is 2.97. The predicted octanol–water partition coefficient (Wildman–Crippen LogP) is 2.92. The molecular formula is C15H14N2O4. The summed E-state index contributed by atoms with van der Waals surface area (Å²) >= 11 is 0. The second-order valence-corrected chi connectivity index (χ2v) is 4.28. The van der Waals surface area contributed by atoms with E-state index in [9.17, 15) is 0 Å². The maximum Gasteiger partial charge on any atom is 0.227 e. The van der Waals surface area contributed by atoms with Gasteiger partial charge < -0.3 is 18.6 Å². The highest BCUT2D eigenvalue weighted by molar-refractivity contribution is 5.76. The van der Waals surface area contributed by atoms with Gasteiger partial charge in [0.15, 0.2) is 17.1 Å². The molecule has 0 fully saturated rings. The van der Waals surface area contributed by atoms with Gasteiger partial charge in [-0.05, 0) is 12.1 Å². The molecule has 1 aromatic carbocycles. The van der Waals surface area contributed by atoms with Gasteiger partial charge in [0, 0.05) is 17.8 Å². The molecule has 0 spiro atoms. The SMILES string of the molecule is COc1cc(-c2nc3cnccc3o2)cc(OC)c1OC. The predicted molar refractivity (Wildman–Crippen MR) is 76.9 cm³/mol. The molecule has 0 saturated carbocycles. The van der Waals surface area contributed by atoms with E-state index in [1.807, 2.05) is 0 Å². The van der Waals surface area contributed by atoms with Crippen molar-refractivity contribution in [3.8, 4) is 28.7 Å².